The zero-order valence-corrected chi connectivity index (χ0v) is 11.6. The number of pyridine rings is 1. The lowest BCUT2D eigenvalue weighted by Gasteiger charge is -2.21. The first-order valence-electron chi connectivity index (χ1n) is 6.60. The zero-order valence-electron chi connectivity index (χ0n) is 11.6. The van der Waals surface area contributed by atoms with Gasteiger partial charge in [-0.1, -0.05) is 13.8 Å². The summed E-state index contributed by atoms with van der Waals surface area (Å²) in [5, 5.41) is 3.29. The van der Waals surface area contributed by atoms with E-state index < -0.39 is 11.7 Å². The number of rotatable bonds is 6. The molecule has 0 spiro atoms. The molecule has 0 fully saturated rings. The summed E-state index contributed by atoms with van der Waals surface area (Å²) < 4.78 is 38.7. The van der Waals surface area contributed by atoms with Gasteiger partial charge in [-0.25, -0.2) is 0 Å². The van der Waals surface area contributed by atoms with Crippen LogP contribution in [0.1, 0.15) is 50.7 Å². The Bertz CT molecular complexity index is 391. The molecule has 1 aromatic heterocycles. The number of nitrogens with zero attached hydrogens (tertiary/aromatic N) is 1. The second kappa shape index (κ2) is 6.89. The highest BCUT2D eigenvalue weighted by atomic mass is 19.4. The maximum absolute atomic E-state index is 12.9. The third kappa shape index (κ3) is 4.82. The van der Waals surface area contributed by atoms with E-state index in [1.807, 2.05) is 13.8 Å². The van der Waals surface area contributed by atoms with Gasteiger partial charge in [0.1, 0.15) is 0 Å². The van der Waals surface area contributed by atoms with E-state index in [2.05, 4.69) is 17.2 Å². The van der Waals surface area contributed by atoms with Crippen LogP contribution in [0.15, 0.2) is 18.5 Å². The van der Waals surface area contributed by atoms with Gasteiger partial charge in [0, 0.05) is 18.4 Å². The van der Waals surface area contributed by atoms with Crippen LogP contribution in [0.3, 0.4) is 0 Å². The van der Waals surface area contributed by atoms with Gasteiger partial charge in [0.05, 0.1) is 5.56 Å². The molecule has 0 bridgehead atoms. The van der Waals surface area contributed by atoms with E-state index in [0.29, 0.717) is 6.42 Å². The maximum Gasteiger partial charge on any atom is 0.416 e. The van der Waals surface area contributed by atoms with Crippen LogP contribution in [0.25, 0.3) is 0 Å². The Balaban J connectivity index is 2.79. The van der Waals surface area contributed by atoms with Crippen molar-refractivity contribution < 1.29 is 13.2 Å². The molecule has 108 valence electrons. The van der Waals surface area contributed by atoms with Crippen molar-refractivity contribution in [3.8, 4) is 0 Å². The molecule has 1 heterocycles. The first kappa shape index (κ1) is 16.0. The molecule has 2 atom stereocenters. The quantitative estimate of drug-likeness (QED) is 0.848. The standard InChI is InChI=1S/C14H21F3N2/c1-4-6-19-11(3)8-10(2)12-9-18-7-5-13(12)14(15,16)17/h5,7,9-11,19H,4,6,8H2,1-3H3. The van der Waals surface area contributed by atoms with Gasteiger partial charge < -0.3 is 5.32 Å². The molecule has 1 rings (SSSR count). The summed E-state index contributed by atoms with van der Waals surface area (Å²) in [4.78, 5) is 3.83. The topological polar surface area (TPSA) is 24.9 Å². The maximum atomic E-state index is 12.9. The van der Waals surface area contributed by atoms with Gasteiger partial charge in [0.2, 0.25) is 0 Å². The van der Waals surface area contributed by atoms with Crippen LogP contribution in [-0.4, -0.2) is 17.6 Å². The molecule has 0 saturated carbocycles. The largest absolute Gasteiger partial charge is 0.416 e. The molecule has 0 aliphatic carbocycles. The van der Waals surface area contributed by atoms with E-state index >= 15 is 0 Å². The van der Waals surface area contributed by atoms with Crippen molar-refractivity contribution in [2.24, 2.45) is 0 Å². The molecular formula is C14H21F3N2. The molecule has 0 saturated heterocycles. The van der Waals surface area contributed by atoms with E-state index in [1.54, 1.807) is 0 Å². The Labute approximate surface area is 112 Å². The van der Waals surface area contributed by atoms with Crippen molar-refractivity contribution in [3.05, 3.63) is 29.6 Å². The Morgan fingerprint density at radius 3 is 2.58 bits per heavy atom. The van der Waals surface area contributed by atoms with Crippen molar-refractivity contribution in [2.75, 3.05) is 6.54 Å². The van der Waals surface area contributed by atoms with Crippen LogP contribution in [0, 0.1) is 0 Å². The Morgan fingerprint density at radius 2 is 2.00 bits per heavy atom. The summed E-state index contributed by atoms with van der Waals surface area (Å²) in [7, 11) is 0. The fraction of sp³-hybridized carbons (Fsp3) is 0.643. The third-order valence-electron chi connectivity index (χ3n) is 3.14. The molecule has 2 unspecified atom stereocenters. The minimum Gasteiger partial charge on any atom is -0.314 e. The number of hydrogen-bond acceptors (Lipinski definition) is 2. The van der Waals surface area contributed by atoms with Gasteiger partial charge in [-0.3, -0.25) is 4.98 Å². The van der Waals surface area contributed by atoms with Gasteiger partial charge in [0.25, 0.3) is 0 Å². The molecule has 0 radical (unpaired) electrons. The molecule has 19 heavy (non-hydrogen) atoms. The Kier molecular flexibility index (Phi) is 5.79. The predicted octanol–water partition coefficient (Wildman–Crippen LogP) is 3.98. The summed E-state index contributed by atoms with van der Waals surface area (Å²) in [5.41, 5.74) is -0.294. The van der Waals surface area contributed by atoms with Gasteiger partial charge in [-0.05, 0) is 43.9 Å². The number of halogens is 3. The van der Waals surface area contributed by atoms with Crippen LogP contribution >= 0.6 is 0 Å². The van der Waals surface area contributed by atoms with Crippen LogP contribution < -0.4 is 5.32 Å². The lowest BCUT2D eigenvalue weighted by molar-refractivity contribution is -0.138. The van der Waals surface area contributed by atoms with E-state index in [1.165, 1.54) is 12.4 Å². The van der Waals surface area contributed by atoms with Crippen LogP contribution in [0.4, 0.5) is 13.2 Å². The average molecular weight is 274 g/mol. The second-order valence-electron chi connectivity index (χ2n) is 4.95. The number of nitrogens with one attached hydrogen (secondary N) is 1. The van der Waals surface area contributed by atoms with Gasteiger partial charge in [0.15, 0.2) is 0 Å². The van der Waals surface area contributed by atoms with Crippen molar-refractivity contribution in [1.82, 2.24) is 10.3 Å². The summed E-state index contributed by atoms with van der Waals surface area (Å²) >= 11 is 0. The summed E-state index contributed by atoms with van der Waals surface area (Å²) in [6.45, 7) is 6.76. The molecule has 0 amide bonds. The summed E-state index contributed by atoms with van der Waals surface area (Å²) in [5.74, 6) is -0.176. The number of aromatic nitrogens is 1. The third-order valence-corrected chi connectivity index (χ3v) is 3.14. The first-order valence-corrected chi connectivity index (χ1v) is 6.60. The Morgan fingerprint density at radius 1 is 1.32 bits per heavy atom. The lowest BCUT2D eigenvalue weighted by Crippen LogP contribution is -2.28. The van der Waals surface area contributed by atoms with Crippen LogP contribution in [0.5, 0.6) is 0 Å². The van der Waals surface area contributed by atoms with Gasteiger partial charge >= 0.3 is 6.18 Å². The Hall–Kier alpha value is -1.10. The summed E-state index contributed by atoms with van der Waals surface area (Å²) in [6.07, 6.45) is -0.112. The minimum atomic E-state index is -4.31. The highest BCUT2D eigenvalue weighted by molar-refractivity contribution is 5.29. The molecule has 1 aromatic rings. The van der Waals surface area contributed by atoms with Crippen molar-refractivity contribution in [2.45, 2.75) is 51.7 Å². The summed E-state index contributed by atoms with van der Waals surface area (Å²) in [6, 6.07) is 1.24. The second-order valence-corrected chi connectivity index (χ2v) is 4.95. The fourth-order valence-electron chi connectivity index (χ4n) is 2.19. The molecule has 0 aliphatic heterocycles. The average Bonchev–Trinajstić information content (AvgIpc) is 2.35. The lowest BCUT2D eigenvalue weighted by atomic mass is 9.92. The predicted molar refractivity (Wildman–Crippen MR) is 70.0 cm³/mol. The zero-order chi connectivity index (χ0) is 14.5. The number of hydrogen-bond donors (Lipinski definition) is 1. The molecule has 2 nitrogen and oxygen atoms in total. The van der Waals surface area contributed by atoms with Gasteiger partial charge in [-0.2, -0.15) is 13.2 Å². The van der Waals surface area contributed by atoms with Crippen molar-refractivity contribution in [3.63, 3.8) is 0 Å². The molecule has 5 heteroatoms. The van der Waals surface area contributed by atoms with E-state index in [0.717, 1.165) is 19.0 Å². The van der Waals surface area contributed by atoms with Crippen LogP contribution in [-0.2, 0) is 6.18 Å². The number of alkyl halides is 3. The fourth-order valence-corrected chi connectivity index (χ4v) is 2.19. The molecule has 0 aromatic carbocycles. The highest BCUT2D eigenvalue weighted by Gasteiger charge is 2.34. The van der Waals surface area contributed by atoms with E-state index in [9.17, 15) is 13.2 Å². The van der Waals surface area contributed by atoms with Crippen molar-refractivity contribution in [1.29, 1.82) is 0 Å². The van der Waals surface area contributed by atoms with Gasteiger partial charge in [-0.15, -0.1) is 0 Å². The molecular weight excluding hydrogens is 253 g/mol. The first-order chi connectivity index (χ1) is 8.86. The minimum absolute atomic E-state index is 0.176. The van der Waals surface area contributed by atoms with E-state index in [4.69, 9.17) is 0 Å². The monoisotopic (exact) mass is 274 g/mol. The molecule has 0 aliphatic rings. The highest BCUT2D eigenvalue weighted by Crippen LogP contribution is 2.35. The van der Waals surface area contributed by atoms with E-state index in [-0.39, 0.29) is 17.5 Å². The smallest absolute Gasteiger partial charge is 0.314 e. The normalized spacial score (nSPS) is 15.3. The molecule has 1 N–H and O–H groups in total. The van der Waals surface area contributed by atoms with Crippen molar-refractivity contribution >= 4 is 0 Å². The SMILES string of the molecule is CCCNC(C)CC(C)c1cnccc1C(F)(F)F. The van der Waals surface area contributed by atoms with Crippen LogP contribution in [0.2, 0.25) is 0 Å².